The number of nitrogens with one attached hydrogen (secondary N) is 1. The highest BCUT2D eigenvalue weighted by atomic mass is 15.0. The molecule has 0 aromatic carbocycles. The van der Waals surface area contributed by atoms with Gasteiger partial charge in [-0.25, -0.2) is 9.97 Å². The molecule has 0 fully saturated rings. The van der Waals surface area contributed by atoms with E-state index in [1.807, 2.05) is 6.07 Å². The van der Waals surface area contributed by atoms with Crippen LogP contribution in [0.1, 0.15) is 27.7 Å². The van der Waals surface area contributed by atoms with Gasteiger partial charge < -0.3 is 5.32 Å². The molecular weight excluding hydrogens is 162 g/mol. The van der Waals surface area contributed by atoms with E-state index in [4.69, 9.17) is 0 Å². The number of nitrogens with zero attached hydrogens (tertiary/aromatic N) is 2. The SMILES string of the molecule is CC(Nc1ccncn1)C(C)(C)C. The number of aromatic nitrogens is 2. The molecule has 1 N–H and O–H groups in total. The van der Waals surface area contributed by atoms with Crippen molar-refractivity contribution in [3.05, 3.63) is 18.6 Å². The topological polar surface area (TPSA) is 37.8 Å². The smallest absolute Gasteiger partial charge is 0.129 e. The van der Waals surface area contributed by atoms with Gasteiger partial charge in [0.1, 0.15) is 12.1 Å². The summed E-state index contributed by atoms with van der Waals surface area (Å²) in [6.45, 7) is 8.76. The van der Waals surface area contributed by atoms with Crippen LogP contribution in [0.15, 0.2) is 18.6 Å². The van der Waals surface area contributed by atoms with Crippen LogP contribution in [0.4, 0.5) is 5.82 Å². The lowest BCUT2D eigenvalue weighted by Crippen LogP contribution is -2.31. The Morgan fingerprint density at radius 3 is 2.54 bits per heavy atom. The number of anilines is 1. The van der Waals surface area contributed by atoms with Crippen LogP contribution in [0.5, 0.6) is 0 Å². The fraction of sp³-hybridized carbons (Fsp3) is 0.600. The molecule has 0 saturated carbocycles. The Bertz CT molecular complexity index is 251. The molecule has 0 aliphatic heterocycles. The minimum Gasteiger partial charge on any atom is -0.367 e. The van der Waals surface area contributed by atoms with Gasteiger partial charge in [-0.2, -0.15) is 0 Å². The Hall–Kier alpha value is -1.12. The second-order valence-corrected chi connectivity index (χ2v) is 4.33. The summed E-state index contributed by atoms with van der Waals surface area (Å²) >= 11 is 0. The molecular formula is C10H17N3. The van der Waals surface area contributed by atoms with Crippen LogP contribution >= 0.6 is 0 Å². The molecule has 0 bridgehead atoms. The summed E-state index contributed by atoms with van der Waals surface area (Å²) in [5, 5.41) is 3.33. The third-order valence-corrected chi connectivity index (χ3v) is 2.25. The summed E-state index contributed by atoms with van der Waals surface area (Å²) in [5.41, 5.74) is 0.241. The van der Waals surface area contributed by atoms with Crippen LogP contribution in [0, 0.1) is 5.41 Å². The van der Waals surface area contributed by atoms with Crippen molar-refractivity contribution < 1.29 is 0 Å². The number of hydrogen-bond acceptors (Lipinski definition) is 3. The van der Waals surface area contributed by atoms with Crippen LogP contribution < -0.4 is 5.32 Å². The third-order valence-electron chi connectivity index (χ3n) is 2.25. The monoisotopic (exact) mass is 179 g/mol. The van der Waals surface area contributed by atoms with Gasteiger partial charge in [0.15, 0.2) is 0 Å². The van der Waals surface area contributed by atoms with E-state index in [0.29, 0.717) is 6.04 Å². The summed E-state index contributed by atoms with van der Waals surface area (Å²) in [7, 11) is 0. The van der Waals surface area contributed by atoms with Crippen molar-refractivity contribution in [2.24, 2.45) is 5.41 Å². The molecule has 3 nitrogen and oxygen atoms in total. The average molecular weight is 179 g/mol. The van der Waals surface area contributed by atoms with Crippen molar-refractivity contribution in [2.45, 2.75) is 33.7 Å². The molecule has 1 aromatic heterocycles. The van der Waals surface area contributed by atoms with E-state index in [0.717, 1.165) is 5.82 Å². The highest BCUT2D eigenvalue weighted by Gasteiger charge is 2.19. The summed E-state index contributed by atoms with van der Waals surface area (Å²) in [5.74, 6) is 0.887. The third kappa shape index (κ3) is 3.01. The quantitative estimate of drug-likeness (QED) is 0.757. The van der Waals surface area contributed by atoms with Crippen LogP contribution in [0.3, 0.4) is 0 Å². The first-order chi connectivity index (χ1) is 6.00. The van der Waals surface area contributed by atoms with Gasteiger partial charge in [0.2, 0.25) is 0 Å². The molecule has 1 unspecified atom stereocenters. The Morgan fingerprint density at radius 1 is 1.38 bits per heavy atom. The van der Waals surface area contributed by atoms with Gasteiger partial charge in [-0.15, -0.1) is 0 Å². The zero-order valence-corrected chi connectivity index (χ0v) is 8.70. The maximum Gasteiger partial charge on any atom is 0.129 e. The van der Waals surface area contributed by atoms with E-state index < -0.39 is 0 Å². The van der Waals surface area contributed by atoms with E-state index in [9.17, 15) is 0 Å². The zero-order valence-electron chi connectivity index (χ0n) is 8.70. The average Bonchev–Trinajstić information content (AvgIpc) is 2.04. The van der Waals surface area contributed by atoms with E-state index >= 15 is 0 Å². The van der Waals surface area contributed by atoms with Crippen molar-refractivity contribution in [1.82, 2.24) is 9.97 Å². The van der Waals surface area contributed by atoms with Gasteiger partial charge >= 0.3 is 0 Å². The second-order valence-electron chi connectivity index (χ2n) is 4.33. The predicted molar refractivity (Wildman–Crippen MR) is 54.6 cm³/mol. The largest absolute Gasteiger partial charge is 0.367 e. The summed E-state index contributed by atoms with van der Waals surface area (Å²) in [6.07, 6.45) is 3.29. The molecule has 1 aromatic rings. The van der Waals surface area contributed by atoms with Crippen molar-refractivity contribution >= 4 is 5.82 Å². The molecule has 3 heteroatoms. The van der Waals surface area contributed by atoms with Gasteiger partial charge in [-0.1, -0.05) is 20.8 Å². The van der Waals surface area contributed by atoms with Gasteiger partial charge in [0.05, 0.1) is 0 Å². The Labute approximate surface area is 79.6 Å². The molecule has 1 rings (SSSR count). The van der Waals surface area contributed by atoms with Crippen molar-refractivity contribution in [1.29, 1.82) is 0 Å². The van der Waals surface area contributed by atoms with E-state index in [-0.39, 0.29) is 5.41 Å². The van der Waals surface area contributed by atoms with E-state index in [2.05, 4.69) is 43.0 Å². The lowest BCUT2D eigenvalue weighted by molar-refractivity contribution is 0.358. The first-order valence-corrected chi connectivity index (χ1v) is 4.52. The molecule has 1 heterocycles. The van der Waals surface area contributed by atoms with E-state index in [1.165, 1.54) is 0 Å². The summed E-state index contributed by atoms with van der Waals surface area (Å²) < 4.78 is 0. The lowest BCUT2D eigenvalue weighted by Gasteiger charge is -2.28. The highest BCUT2D eigenvalue weighted by Crippen LogP contribution is 2.21. The predicted octanol–water partition coefficient (Wildman–Crippen LogP) is 2.32. The minimum atomic E-state index is 0.241. The molecule has 0 saturated heterocycles. The van der Waals surface area contributed by atoms with Crippen molar-refractivity contribution in [2.75, 3.05) is 5.32 Å². The van der Waals surface area contributed by atoms with Crippen LogP contribution in [0.25, 0.3) is 0 Å². The normalized spacial score (nSPS) is 13.8. The van der Waals surface area contributed by atoms with Crippen LogP contribution in [-0.2, 0) is 0 Å². The molecule has 0 radical (unpaired) electrons. The molecule has 72 valence electrons. The molecule has 1 atom stereocenters. The molecule has 0 aliphatic carbocycles. The summed E-state index contributed by atoms with van der Waals surface area (Å²) in [6, 6.07) is 2.27. The number of hydrogen-bond donors (Lipinski definition) is 1. The van der Waals surface area contributed by atoms with Gasteiger partial charge in [-0.3, -0.25) is 0 Å². The van der Waals surface area contributed by atoms with Gasteiger partial charge in [0.25, 0.3) is 0 Å². The molecule has 0 spiro atoms. The van der Waals surface area contributed by atoms with Gasteiger partial charge in [0, 0.05) is 12.2 Å². The fourth-order valence-electron chi connectivity index (χ4n) is 0.814. The fourth-order valence-corrected chi connectivity index (χ4v) is 0.814. The van der Waals surface area contributed by atoms with Crippen LogP contribution in [-0.4, -0.2) is 16.0 Å². The van der Waals surface area contributed by atoms with Crippen molar-refractivity contribution in [3.63, 3.8) is 0 Å². The lowest BCUT2D eigenvalue weighted by atomic mass is 9.88. The number of rotatable bonds is 2. The second kappa shape index (κ2) is 3.73. The Kier molecular flexibility index (Phi) is 2.86. The van der Waals surface area contributed by atoms with E-state index in [1.54, 1.807) is 12.5 Å². The standard InChI is InChI=1S/C10H17N3/c1-8(10(2,3)4)13-9-5-6-11-7-12-9/h5-8H,1-4H3,(H,11,12,13). The maximum absolute atomic E-state index is 4.11. The maximum atomic E-state index is 4.11. The van der Waals surface area contributed by atoms with Crippen molar-refractivity contribution in [3.8, 4) is 0 Å². The van der Waals surface area contributed by atoms with Gasteiger partial charge in [-0.05, 0) is 18.4 Å². The molecule has 13 heavy (non-hydrogen) atoms. The minimum absolute atomic E-state index is 0.241. The zero-order chi connectivity index (χ0) is 9.90. The highest BCUT2D eigenvalue weighted by molar-refractivity contribution is 5.33. The Balaban J connectivity index is 2.61. The molecule has 0 aliphatic rings. The van der Waals surface area contributed by atoms with Crippen LogP contribution in [0.2, 0.25) is 0 Å². The molecule has 0 amide bonds. The first-order valence-electron chi connectivity index (χ1n) is 4.52. The first kappa shape index (κ1) is 9.96. The Morgan fingerprint density at radius 2 is 2.08 bits per heavy atom. The summed E-state index contributed by atoms with van der Waals surface area (Å²) in [4.78, 5) is 7.97.